The number of carbonyl (C=O) groups is 1. The molecule has 3 heteroatoms. The first-order valence-electron chi connectivity index (χ1n) is 10.9. The van der Waals surface area contributed by atoms with Crippen LogP contribution in [-0.2, 0) is 16.6 Å². The number of aryl methyl sites for hydroxylation is 1. The molecule has 1 aromatic heterocycles. The van der Waals surface area contributed by atoms with Gasteiger partial charge in [-0.1, -0.05) is 62.4 Å². The van der Waals surface area contributed by atoms with Gasteiger partial charge < -0.3 is 4.57 Å². The molecule has 0 spiro atoms. The average Bonchev–Trinajstić information content (AvgIpc) is 3.10. The highest BCUT2D eigenvalue weighted by molar-refractivity contribution is 5.98. The van der Waals surface area contributed by atoms with E-state index in [1.54, 1.807) is 0 Å². The number of fused-ring (bicyclic) bond motifs is 3. The van der Waals surface area contributed by atoms with E-state index in [9.17, 15) is 4.79 Å². The molecule has 2 aliphatic carbocycles. The summed E-state index contributed by atoms with van der Waals surface area (Å²) in [5.74, 6) is 1.69. The third-order valence-corrected chi connectivity index (χ3v) is 7.25. The first kappa shape index (κ1) is 19.0. The Hall–Kier alpha value is -2.94. The van der Waals surface area contributed by atoms with Gasteiger partial charge in [0, 0.05) is 22.7 Å². The minimum Gasteiger partial charge on any atom is -0.301 e. The molecule has 0 fully saturated rings. The number of Topliss-reactive ketones (excluding diaryl/α,β-unsaturated/α-hetero) is 1. The Kier molecular flexibility index (Phi) is 4.32. The fraction of sp³-hybridized carbons (Fsp3) is 0.333. The highest BCUT2D eigenvalue weighted by Crippen LogP contribution is 2.50. The Balaban J connectivity index is 1.65. The van der Waals surface area contributed by atoms with Gasteiger partial charge in [0.2, 0.25) is 0 Å². The number of hydrogen-bond acceptors (Lipinski definition) is 2. The van der Waals surface area contributed by atoms with Crippen molar-refractivity contribution in [2.75, 3.05) is 0 Å². The van der Waals surface area contributed by atoms with Gasteiger partial charge in [-0.3, -0.25) is 4.79 Å². The minimum absolute atomic E-state index is 0.0556. The lowest BCUT2D eigenvalue weighted by atomic mass is 9.58. The summed E-state index contributed by atoms with van der Waals surface area (Å²) in [7, 11) is 0. The van der Waals surface area contributed by atoms with Gasteiger partial charge in [0.25, 0.3) is 0 Å². The summed E-state index contributed by atoms with van der Waals surface area (Å²) >= 11 is 0. The van der Waals surface area contributed by atoms with Gasteiger partial charge >= 0.3 is 0 Å². The van der Waals surface area contributed by atoms with Gasteiger partial charge in [-0.15, -0.1) is 0 Å². The van der Waals surface area contributed by atoms with E-state index in [0.717, 1.165) is 35.6 Å². The molecule has 0 saturated heterocycles. The number of imidazole rings is 1. The Bertz CT molecular complexity index is 1170. The smallest absolute Gasteiger partial charge is 0.161 e. The van der Waals surface area contributed by atoms with Crippen LogP contribution in [0, 0.1) is 18.8 Å². The van der Waals surface area contributed by atoms with Crippen molar-refractivity contribution in [1.29, 1.82) is 0 Å². The molecule has 3 aromatic rings. The van der Waals surface area contributed by atoms with E-state index in [1.165, 1.54) is 16.8 Å². The zero-order chi connectivity index (χ0) is 21.0. The van der Waals surface area contributed by atoms with Crippen molar-refractivity contribution in [3.63, 3.8) is 0 Å². The molecule has 0 saturated carbocycles. The second-order valence-corrected chi connectivity index (χ2v) is 9.11. The number of ketones is 1. The van der Waals surface area contributed by atoms with Crippen LogP contribution >= 0.6 is 0 Å². The molecule has 2 aliphatic rings. The number of benzene rings is 2. The van der Waals surface area contributed by atoms with E-state index in [-0.39, 0.29) is 11.3 Å². The molecular weight excluding hydrogens is 368 g/mol. The molecule has 3 atom stereocenters. The number of hydrogen-bond donors (Lipinski definition) is 0. The highest BCUT2D eigenvalue weighted by Gasteiger charge is 2.49. The van der Waals surface area contributed by atoms with Crippen molar-refractivity contribution >= 4 is 5.78 Å². The molecule has 152 valence electrons. The summed E-state index contributed by atoms with van der Waals surface area (Å²) in [6, 6.07) is 19.2. The van der Waals surface area contributed by atoms with Crippen molar-refractivity contribution in [1.82, 2.24) is 9.55 Å². The van der Waals surface area contributed by atoms with Crippen molar-refractivity contribution in [3.05, 3.63) is 83.5 Å². The average molecular weight is 397 g/mol. The van der Waals surface area contributed by atoms with E-state index in [1.807, 2.05) is 13.0 Å². The summed E-state index contributed by atoms with van der Waals surface area (Å²) < 4.78 is 2.33. The third kappa shape index (κ3) is 2.72. The second-order valence-electron chi connectivity index (χ2n) is 9.11. The molecule has 0 N–H and O–H groups in total. The van der Waals surface area contributed by atoms with Gasteiger partial charge in [-0.2, -0.15) is 0 Å². The first-order chi connectivity index (χ1) is 14.4. The number of allylic oxidation sites excluding steroid dienone is 2. The van der Waals surface area contributed by atoms with Crippen molar-refractivity contribution in [3.8, 4) is 16.8 Å². The Labute approximate surface area is 178 Å². The number of rotatable bonds is 2. The second kappa shape index (κ2) is 6.80. The third-order valence-electron chi connectivity index (χ3n) is 7.25. The summed E-state index contributed by atoms with van der Waals surface area (Å²) in [6.07, 6.45) is 4.16. The summed E-state index contributed by atoms with van der Waals surface area (Å²) in [5.41, 5.74) is 6.73. The van der Waals surface area contributed by atoms with E-state index in [0.29, 0.717) is 11.7 Å². The first-order valence-corrected chi connectivity index (χ1v) is 10.9. The fourth-order valence-electron chi connectivity index (χ4n) is 5.81. The Morgan fingerprint density at radius 3 is 2.53 bits per heavy atom. The van der Waals surface area contributed by atoms with E-state index < -0.39 is 0 Å². The highest BCUT2D eigenvalue weighted by atomic mass is 16.1. The quantitative estimate of drug-likeness (QED) is 0.546. The van der Waals surface area contributed by atoms with Gasteiger partial charge in [-0.05, 0) is 61.4 Å². The van der Waals surface area contributed by atoms with E-state index in [2.05, 4.69) is 79.9 Å². The summed E-state index contributed by atoms with van der Waals surface area (Å²) in [4.78, 5) is 17.7. The lowest BCUT2D eigenvalue weighted by molar-refractivity contribution is -0.122. The standard InChI is InChI=1S/C27H28N2O/c1-17-16-27(4)23(18(2)25(17)30)13-14-24-26(27)28-19(3)29(24)22-12-8-11-21(15-22)20-9-6-5-7-10-20/h5-12,15-16,18,23H,13-14H2,1-4H3/t18-,23-,27-/m0/s1. The van der Waals surface area contributed by atoms with E-state index >= 15 is 0 Å². The maximum Gasteiger partial charge on any atom is 0.161 e. The van der Waals surface area contributed by atoms with Crippen LogP contribution in [0.3, 0.4) is 0 Å². The monoisotopic (exact) mass is 396 g/mol. The van der Waals surface area contributed by atoms with Crippen LogP contribution in [-0.4, -0.2) is 15.3 Å². The van der Waals surface area contributed by atoms with Crippen LogP contribution in [0.5, 0.6) is 0 Å². The van der Waals surface area contributed by atoms with Gasteiger partial charge in [0.05, 0.1) is 5.69 Å². The largest absolute Gasteiger partial charge is 0.301 e. The van der Waals surface area contributed by atoms with Gasteiger partial charge in [-0.25, -0.2) is 4.98 Å². The predicted octanol–water partition coefficient (Wildman–Crippen LogP) is 5.83. The molecule has 0 unspecified atom stereocenters. The van der Waals surface area contributed by atoms with Crippen LogP contribution in [0.25, 0.3) is 16.8 Å². The zero-order valence-corrected chi connectivity index (χ0v) is 18.1. The number of carbonyl (C=O) groups excluding carboxylic acids is 1. The maximum atomic E-state index is 12.6. The molecule has 0 amide bonds. The van der Waals surface area contributed by atoms with Crippen molar-refractivity contribution in [2.24, 2.45) is 11.8 Å². The molecule has 0 bridgehead atoms. The Morgan fingerprint density at radius 2 is 1.77 bits per heavy atom. The fourth-order valence-corrected chi connectivity index (χ4v) is 5.81. The molecule has 30 heavy (non-hydrogen) atoms. The Morgan fingerprint density at radius 1 is 1.03 bits per heavy atom. The SMILES string of the molecule is CC1=C[C@]2(C)c3nc(C)n(-c4cccc(-c5ccccc5)c4)c3CC[C@H]2[C@H](C)C1=O. The van der Waals surface area contributed by atoms with Crippen LogP contribution in [0.4, 0.5) is 0 Å². The molecule has 1 heterocycles. The van der Waals surface area contributed by atoms with E-state index in [4.69, 9.17) is 4.98 Å². The lowest BCUT2D eigenvalue weighted by Crippen LogP contribution is -2.45. The van der Waals surface area contributed by atoms with Gasteiger partial charge in [0.15, 0.2) is 5.78 Å². The molecule has 5 rings (SSSR count). The minimum atomic E-state index is -0.182. The van der Waals surface area contributed by atoms with Gasteiger partial charge in [0.1, 0.15) is 5.82 Å². The summed E-state index contributed by atoms with van der Waals surface area (Å²) in [6.45, 7) is 8.43. The molecule has 2 aromatic carbocycles. The number of aromatic nitrogens is 2. The normalized spacial score (nSPS) is 25.5. The molecule has 3 nitrogen and oxygen atoms in total. The number of nitrogens with zero attached hydrogens (tertiary/aromatic N) is 2. The molecule has 0 aliphatic heterocycles. The van der Waals surface area contributed by atoms with Crippen LogP contribution in [0.2, 0.25) is 0 Å². The molecule has 0 radical (unpaired) electrons. The van der Waals surface area contributed by atoms with Crippen LogP contribution < -0.4 is 0 Å². The maximum absolute atomic E-state index is 12.6. The lowest BCUT2D eigenvalue weighted by Gasteiger charge is -2.45. The predicted molar refractivity (Wildman–Crippen MR) is 121 cm³/mol. The zero-order valence-electron chi connectivity index (χ0n) is 18.1. The summed E-state index contributed by atoms with van der Waals surface area (Å²) in [5, 5.41) is 0. The topological polar surface area (TPSA) is 34.9 Å². The molecular formula is C27H28N2O. The van der Waals surface area contributed by atoms with Crippen molar-refractivity contribution < 1.29 is 4.79 Å². The van der Waals surface area contributed by atoms with Crippen LogP contribution in [0.1, 0.15) is 44.4 Å². The van der Waals surface area contributed by atoms with Crippen LogP contribution in [0.15, 0.2) is 66.2 Å². The van der Waals surface area contributed by atoms with Crippen molar-refractivity contribution in [2.45, 2.75) is 46.0 Å².